The third-order valence-electron chi connectivity index (χ3n) is 3.80. The van der Waals surface area contributed by atoms with Crippen LogP contribution in [0.25, 0.3) is 0 Å². The number of aliphatic hydroxyl groups is 1. The summed E-state index contributed by atoms with van der Waals surface area (Å²) in [5.41, 5.74) is -0.467. The molecule has 5 heteroatoms. The van der Waals surface area contributed by atoms with Crippen molar-refractivity contribution < 1.29 is 9.90 Å². The summed E-state index contributed by atoms with van der Waals surface area (Å²) in [6.07, 6.45) is 6.95. The molecule has 1 amide bonds. The minimum atomic E-state index is -0.550. The van der Waals surface area contributed by atoms with Gasteiger partial charge in [0.2, 0.25) is 0 Å². The molecular formula is C15H25N3O2. The van der Waals surface area contributed by atoms with Gasteiger partial charge in [-0.1, -0.05) is 19.3 Å². The van der Waals surface area contributed by atoms with E-state index in [4.69, 9.17) is 10.4 Å². The lowest BCUT2D eigenvalue weighted by atomic mass is 9.94. The van der Waals surface area contributed by atoms with Crippen molar-refractivity contribution in [3.63, 3.8) is 0 Å². The number of nitrogens with zero attached hydrogens (tertiary/aromatic N) is 2. The normalized spacial score (nSPS) is 17.4. The highest BCUT2D eigenvalue weighted by molar-refractivity contribution is 5.97. The standard InChI is InChI=1S/C15H25N3O2/c1-15(2,11-19)17-10-12(9-16)14(20)18(3)13-7-5-4-6-8-13/h10,13,17,19H,4-8,11H2,1-3H3/b12-10-. The average Bonchev–Trinajstić information content (AvgIpc) is 2.47. The maximum Gasteiger partial charge on any atom is 0.265 e. The molecule has 1 saturated carbocycles. The molecule has 0 heterocycles. The lowest BCUT2D eigenvalue weighted by Gasteiger charge is -2.31. The summed E-state index contributed by atoms with van der Waals surface area (Å²) < 4.78 is 0. The molecule has 0 spiro atoms. The second kappa shape index (κ2) is 7.30. The Balaban J connectivity index is 2.71. The monoisotopic (exact) mass is 279 g/mol. The fourth-order valence-electron chi connectivity index (χ4n) is 2.28. The molecule has 1 aliphatic rings. The zero-order valence-electron chi connectivity index (χ0n) is 12.6. The zero-order valence-corrected chi connectivity index (χ0v) is 12.6. The molecule has 5 nitrogen and oxygen atoms in total. The van der Waals surface area contributed by atoms with E-state index >= 15 is 0 Å². The van der Waals surface area contributed by atoms with Gasteiger partial charge in [0, 0.05) is 19.3 Å². The molecule has 0 bridgehead atoms. The maximum absolute atomic E-state index is 12.3. The maximum atomic E-state index is 12.3. The third kappa shape index (κ3) is 4.53. The van der Waals surface area contributed by atoms with Crippen LogP contribution < -0.4 is 5.32 Å². The topological polar surface area (TPSA) is 76.4 Å². The lowest BCUT2D eigenvalue weighted by Crippen LogP contribution is -2.42. The Morgan fingerprint density at radius 1 is 1.45 bits per heavy atom. The van der Waals surface area contributed by atoms with E-state index in [1.165, 1.54) is 12.6 Å². The highest BCUT2D eigenvalue weighted by Crippen LogP contribution is 2.22. The molecular weight excluding hydrogens is 254 g/mol. The van der Waals surface area contributed by atoms with Gasteiger partial charge in [0.05, 0.1) is 12.1 Å². The van der Waals surface area contributed by atoms with E-state index < -0.39 is 5.54 Å². The van der Waals surface area contributed by atoms with E-state index in [-0.39, 0.29) is 24.1 Å². The summed E-state index contributed by atoms with van der Waals surface area (Å²) in [7, 11) is 1.76. The van der Waals surface area contributed by atoms with E-state index in [2.05, 4.69) is 5.32 Å². The molecule has 0 aliphatic heterocycles. The average molecular weight is 279 g/mol. The summed E-state index contributed by atoms with van der Waals surface area (Å²) in [5.74, 6) is -0.249. The number of carbonyl (C=O) groups is 1. The summed E-state index contributed by atoms with van der Waals surface area (Å²) in [6.45, 7) is 3.52. The van der Waals surface area contributed by atoms with Gasteiger partial charge in [0.15, 0.2) is 0 Å². The molecule has 1 rings (SSSR count). The Hall–Kier alpha value is -1.54. The van der Waals surface area contributed by atoms with Crippen molar-refractivity contribution >= 4 is 5.91 Å². The van der Waals surface area contributed by atoms with Crippen LogP contribution in [0.2, 0.25) is 0 Å². The van der Waals surface area contributed by atoms with Gasteiger partial charge in [-0.15, -0.1) is 0 Å². The minimum absolute atomic E-state index is 0.0745. The van der Waals surface area contributed by atoms with E-state index in [0.29, 0.717) is 0 Å². The predicted octanol–water partition coefficient (Wildman–Crippen LogP) is 1.55. The molecule has 0 atom stereocenters. The smallest absolute Gasteiger partial charge is 0.265 e. The molecule has 0 aromatic heterocycles. The third-order valence-corrected chi connectivity index (χ3v) is 3.80. The van der Waals surface area contributed by atoms with E-state index in [1.54, 1.807) is 25.8 Å². The molecule has 0 unspecified atom stereocenters. The molecule has 2 N–H and O–H groups in total. The number of aliphatic hydroxyl groups excluding tert-OH is 1. The first-order valence-corrected chi connectivity index (χ1v) is 7.17. The van der Waals surface area contributed by atoms with Crippen LogP contribution in [0, 0.1) is 11.3 Å². The molecule has 0 aromatic carbocycles. The second-order valence-corrected chi connectivity index (χ2v) is 6.06. The van der Waals surface area contributed by atoms with Crippen LogP contribution in [0.5, 0.6) is 0 Å². The van der Waals surface area contributed by atoms with Crippen LogP contribution in [-0.4, -0.2) is 41.1 Å². The van der Waals surface area contributed by atoms with E-state index in [9.17, 15) is 4.79 Å². The fourth-order valence-corrected chi connectivity index (χ4v) is 2.28. The van der Waals surface area contributed by atoms with Crippen molar-refractivity contribution in [2.45, 2.75) is 57.5 Å². The Morgan fingerprint density at radius 2 is 2.05 bits per heavy atom. The number of likely N-dealkylation sites (N-methyl/N-ethyl adjacent to an activating group) is 1. The van der Waals surface area contributed by atoms with Gasteiger partial charge in [-0.3, -0.25) is 4.79 Å². The molecule has 112 valence electrons. The molecule has 0 aromatic rings. The van der Waals surface area contributed by atoms with Gasteiger partial charge in [-0.25, -0.2) is 0 Å². The summed E-state index contributed by atoms with van der Waals surface area (Å²) in [6, 6.07) is 2.18. The van der Waals surface area contributed by atoms with Crippen LogP contribution in [0.1, 0.15) is 46.0 Å². The first kappa shape index (κ1) is 16.5. The molecule has 1 aliphatic carbocycles. The van der Waals surface area contributed by atoms with E-state index in [0.717, 1.165) is 25.7 Å². The Morgan fingerprint density at radius 3 is 2.55 bits per heavy atom. The van der Waals surface area contributed by atoms with Crippen molar-refractivity contribution in [2.24, 2.45) is 0 Å². The van der Waals surface area contributed by atoms with Gasteiger partial charge in [0.1, 0.15) is 11.6 Å². The SMILES string of the molecule is CN(C(=O)/C(C#N)=C\NC(C)(C)CO)C1CCCCC1. The van der Waals surface area contributed by atoms with Crippen molar-refractivity contribution in [2.75, 3.05) is 13.7 Å². The highest BCUT2D eigenvalue weighted by Gasteiger charge is 2.25. The summed E-state index contributed by atoms with van der Waals surface area (Å²) in [4.78, 5) is 14.0. The number of nitrogens with one attached hydrogen (secondary N) is 1. The summed E-state index contributed by atoms with van der Waals surface area (Å²) in [5, 5.41) is 21.2. The minimum Gasteiger partial charge on any atom is -0.394 e. The summed E-state index contributed by atoms with van der Waals surface area (Å²) >= 11 is 0. The number of rotatable bonds is 5. The lowest BCUT2D eigenvalue weighted by molar-refractivity contribution is -0.128. The number of nitriles is 1. The number of carbonyl (C=O) groups excluding carboxylic acids is 1. The number of hydrogen-bond donors (Lipinski definition) is 2. The van der Waals surface area contributed by atoms with Crippen molar-refractivity contribution in [3.8, 4) is 6.07 Å². The zero-order chi connectivity index (χ0) is 15.2. The van der Waals surface area contributed by atoms with E-state index in [1.807, 2.05) is 6.07 Å². The van der Waals surface area contributed by atoms with Crippen molar-refractivity contribution in [1.82, 2.24) is 10.2 Å². The fraction of sp³-hybridized carbons (Fsp3) is 0.733. The van der Waals surface area contributed by atoms with Crippen molar-refractivity contribution in [1.29, 1.82) is 5.26 Å². The Labute approximate surface area is 121 Å². The van der Waals surface area contributed by atoms with Crippen LogP contribution in [0.4, 0.5) is 0 Å². The molecule has 0 radical (unpaired) electrons. The van der Waals surface area contributed by atoms with Crippen molar-refractivity contribution in [3.05, 3.63) is 11.8 Å². The van der Waals surface area contributed by atoms with Gasteiger partial charge < -0.3 is 15.3 Å². The largest absolute Gasteiger partial charge is 0.394 e. The predicted molar refractivity (Wildman–Crippen MR) is 77.6 cm³/mol. The molecule has 20 heavy (non-hydrogen) atoms. The molecule has 1 fully saturated rings. The van der Waals surface area contributed by atoms with Gasteiger partial charge in [-0.2, -0.15) is 5.26 Å². The second-order valence-electron chi connectivity index (χ2n) is 6.06. The highest BCUT2D eigenvalue weighted by atomic mass is 16.3. The van der Waals surface area contributed by atoms with Gasteiger partial charge in [-0.05, 0) is 26.7 Å². The van der Waals surface area contributed by atoms with Crippen LogP contribution in [0.15, 0.2) is 11.8 Å². The first-order valence-electron chi connectivity index (χ1n) is 7.17. The van der Waals surface area contributed by atoms with Crippen LogP contribution in [0.3, 0.4) is 0 Å². The number of amides is 1. The molecule has 0 saturated heterocycles. The van der Waals surface area contributed by atoms with Crippen LogP contribution >= 0.6 is 0 Å². The quantitative estimate of drug-likeness (QED) is 0.591. The van der Waals surface area contributed by atoms with Gasteiger partial charge >= 0.3 is 0 Å². The van der Waals surface area contributed by atoms with Gasteiger partial charge in [0.25, 0.3) is 5.91 Å². The Bertz CT molecular complexity index is 404. The Kier molecular flexibility index (Phi) is 6.03. The number of hydrogen-bond acceptors (Lipinski definition) is 4. The van der Waals surface area contributed by atoms with Crippen LogP contribution in [-0.2, 0) is 4.79 Å². The first-order chi connectivity index (χ1) is 9.41.